The van der Waals surface area contributed by atoms with E-state index < -0.39 is 24.0 Å². The van der Waals surface area contributed by atoms with Gasteiger partial charge < -0.3 is 20.1 Å². The highest BCUT2D eigenvalue weighted by molar-refractivity contribution is 6.20. The van der Waals surface area contributed by atoms with E-state index in [2.05, 4.69) is 15.4 Å². The maximum atomic E-state index is 11.8. The molecule has 0 fully saturated rings. The molecule has 126 valence electrons. The van der Waals surface area contributed by atoms with Gasteiger partial charge in [-0.05, 0) is 12.5 Å². The summed E-state index contributed by atoms with van der Waals surface area (Å²) < 4.78 is 9.67. The SMILES string of the molecule is CCOC(=O)CNC(=O)[C@@H](CCl)NC(=O)OCc1ccccc1. The predicted molar refractivity (Wildman–Crippen MR) is 83.9 cm³/mol. The van der Waals surface area contributed by atoms with Crippen LogP contribution in [0, 0.1) is 0 Å². The second kappa shape index (κ2) is 10.4. The summed E-state index contributed by atoms with van der Waals surface area (Å²) in [5.41, 5.74) is 0.817. The van der Waals surface area contributed by atoms with Gasteiger partial charge in [0.05, 0.1) is 12.5 Å². The van der Waals surface area contributed by atoms with Crippen molar-refractivity contribution in [2.75, 3.05) is 19.0 Å². The number of rotatable bonds is 8. The van der Waals surface area contributed by atoms with Gasteiger partial charge in [0.15, 0.2) is 0 Å². The van der Waals surface area contributed by atoms with Crippen molar-refractivity contribution in [2.24, 2.45) is 0 Å². The van der Waals surface area contributed by atoms with Gasteiger partial charge in [-0.1, -0.05) is 30.3 Å². The van der Waals surface area contributed by atoms with Crippen LogP contribution >= 0.6 is 11.6 Å². The van der Waals surface area contributed by atoms with Crippen LogP contribution in [0.1, 0.15) is 12.5 Å². The number of benzene rings is 1. The predicted octanol–water partition coefficient (Wildman–Crippen LogP) is 1.20. The van der Waals surface area contributed by atoms with Crippen molar-refractivity contribution in [1.29, 1.82) is 0 Å². The molecule has 0 saturated carbocycles. The molecular formula is C15H19ClN2O5. The fraction of sp³-hybridized carbons (Fsp3) is 0.400. The number of amides is 2. The second-order valence-electron chi connectivity index (χ2n) is 4.44. The zero-order valence-electron chi connectivity index (χ0n) is 12.7. The minimum absolute atomic E-state index is 0.0755. The van der Waals surface area contributed by atoms with Crippen LogP contribution in [0.2, 0.25) is 0 Å². The van der Waals surface area contributed by atoms with E-state index in [1.165, 1.54) is 0 Å². The van der Waals surface area contributed by atoms with Gasteiger partial charge in [-0.2, -0.15) is 0 Å². The average molecular weight is 343 g/mol. The summed E-state index contributed by atoms with van der Waals surface area (Å²) >= 11 is 5.65. The van der Waals surface area contributed by atoms with Gasteiger partial charge in [0.2, 0.25) is 5.91 Å². The van der Waals surface area contributed by atoms with E-state index in [0.717, 1.165) is 5.56 Å². The third-order valence-corrected chi connectivity index (χ3v) is 3.00. The molecule has 0 aliphatic heterocycles. The van der Waals surface area contributed by atoms with Crippen molar-refractivity contribution < 1.29 is 23.9 Å². The normalized spacial score (nSPS) is 11.2. The molecule has 0 radical (unpaired) electrons. The first-order chi connectivity index (χ1) is 11.1. The fourth-order valence-electron chi connectivity index (χ4n) is 1.58. The first-order valence-electron chi connectivity index (χ1n) is 7.03. The van der Waals surface area contributed by atoms with Crippen LogP contribution in [-0.4, -0.2) is 43.0 Å². The molecule has 23 heavy (non-hydrogen) atoms. The number of esters is 1. The van der Waals surface area contributed by atoms with Crippen molar-refractivity contribution in [2.45, 2.75) is 19.6 Å². The van der Waals surface area contributed by atoms with Gasteiger partial charge in [-0.25, -0.2) is 4.79 Å². The summed E-state index contributed by atoms with van der Waals surface area (Å²) in [6.07, 6.45) is -0.772. The number of halogens is 1. The minimum Gasteiger partial charge on any atom is -0.465 e. The summed E-state index contributed by atoms with van der Waals surface area (Å²) in [7, 11) is 0. The number of carbonyl (C=O) groups excluding carboxylic acids is 3. The second-order valence-corrected chi connectivity index (χ2v) is 4.74. The molecule has 2 N–H and O–H groups in total. The van der Waals surface area contributed by atoms with E-state index in [1.54, 1.807) is 19.1 Å². The maximum absolute atomic E-state index is 11.8. The van der Waals surface area contributed by atoms with E-state index in [1.807, 2.05) is 18.2 Å². The Morgan fingerprint density at radius 1 is 1.17 bits per heavy atom. The summed E-state index contributed by atoms with van der Waals surface area (Å²) in [5.74, 6) is -1.32. The van der Waals surface area contributed by atoms with Crippen molar-refractivity contribution in [1.82, 2.24) is 10.6 Å². The topological polar surface area (TPSA) is 93.7 Å². The number of hydrogen-bond acceptors (Lipinski definition) is 5. The Hall–Kier alpha value is -2.28. The molecular weight excluding hydrogens is 324 g/mol. The molecule has 8 heteroatoms. The van der Waals surface area contributed by atoms with Gasteiger partial charge in [0, 0.05) is 0 Å². The lowest BCUT2D eigenvalue weighted by Crippen LogP contribution is -2.49. The summed E-state index contributed by atoms with van der Waals surface area (Å²) in [6.45, 7) is 1.66. The summed E-state index contributed by atoms with van der Waals surface area (Å²) in [4.78, 5) is 34.6. The molecule has 0 spiro atoms. The van der Waals surface area contributed by atoms with E-state index >= 15 is 0 Å². The zero-order chi connectivity index (χ0) is 17.1. The standard InChI is InChI=1S/C15H19ClN2O5/c1-2-22-13(19)9-17-14(20)12(8-16)18-15(21)23-10-11-6-4-3-5-7-11/h3-7,12H,2,8-10H2,1H3,(H,17,20)(H,18,21)/t12-/m1/s1. The molecule has 0 aliphatic carbocycles. The Balaban J connectivity index is 2.37. The van der Waals surface area contributed by atoms with Crippen molar-refractivity contribution in [3.63, 3.8) is 0 Å². The van der Waals surface area contributed by atoms with Crippen LogP contribution in [0.5, 0.6) is 0 Å². The lowest BCUT2D eigenvalue weighted by Gasteiger charge is -2.15. The number of ether oxygens (including phenoxy) is 2. The fourth-order valence-corrected chi connectivity index (χ4v) is 1.79. The number of nitrogens with one attached hydrogen (secondary N) is 2. The Kier molecular flexibility index (Phi) is 8.52. The lowest BCUT2D eigenvalue weighted by molar-refractivity contribution is -0.143. The molecule has 0 aliphatic rings. The zero-order valence-corrected chi connectivity index (χ0v) is 13.5. The number of carbonyl (C=O) groups is 3. The quantitative estimate of drug-likeness (QED) is 0.547. The molecule has 1 aromatic rings. The molecule has 0 heterocycles. The number of alkyl carbamates (subject to hydrolysis) is 1. The molecule has 0 saturated heterocycles. The highest BCUT2D eigenvalue weighted by Crippen LogP contribution is 2.01. The Morgan fingerprint density at radius 2 is 1.87 bits per heavy atom. The Labute approximate surface area is 139 Å². The van der Waals surface area contributed by atoms with E-state index in [-0.39, 0.29) is 25.6 Å². The highest BCUT2D eigenvalue weighted by atomic mass is 35.5. The maximum Gasteiger partial charge on any atom is 0.408 e. The molecule has 1 aromatic carbocycles. The van der Waals surface area contributed by atoms with Crippen LogP contribution in [0.3, 0.4) is 0 Å². The van der Waals surface area contributed by atoms with Crippen LogP contribution in [-0.2, 0) is 25.7 Å². The molecule has 0 unspecified atom stereocenters. The monoisotopic (exact) mass is 342 g/mol. The van der Waals surface area contributed by atoms with Crippen molar-refractivity contribution in [3.05, 3.63) is 35.9 Å². The van der Waals surface area contributed by atoms with Gasteiger partial charge >= 0.3 is 12.1 Å². The largest absolute Gasteiger partial charge is 0.465 e. The average Bonchev–Trinajstić information content (AvgIpc) is 2.57. The molecule has 1 atom stereocenters. The van der Waals surface area contributed by atoms with Crippen LogP contribution < -0.4 is 10.6 Å². The molecule has 0 bridgehead atoms. The van der Waals surface area contributed by atoms with E-state index in [9.17, 15) is 14.4 Å². The van der Waals surface area contributed by atoms with E-state index in [0.29, 0.717) is 0 Å². The van der Waals surface area contributed by atoms with Crippen LogP contribution in [0.25, 0.3) is 0 Å². The van der Waals surface area contributed by atoms with Gasteiger partial charge in [-0.3, -0.25) is 9.59 Å². The van der Waals surface area contributed by atoms with Crippen LogP contribution in [0.4, 0.5) is 4.79 Å². The van der Waals surface area contributed by atoms with E-state index in [4.69, 9.17) is 16.3 Å². The summed E-state index contributed by atoms with van der Waals surface area (Å²) in [6, 6.07) is 8.09. The number of alkyl halides is 1. The smallest absolute Gasteiger partial charge is 0.408 e. The third kappa shape index (κ3) is 7.51. The first kappa shape index (κ1) is 18.8. The molecule has 7 nitrogen and oxygen atoms in total. The summed E-state index contributed by atoms with van der Waals surface area (Å²) in [5, 5.41) is 4.66. The Bertz CT molecular complexity index is 524. The van der Waals surface area contributed by atoms with Crippen LogP contribution in [0.15, 0.2) is 30.3 Å². The Morgan fingerprint density at radius 3 is 2.48 bits per heavy atom. The third-order valence-electron chi connectivity index (χ3n) is 2.69. The molecule has 2 amide bonds. The van der Waals surface area contributed by atoms with Gasteiger partial charge in [0.25, 0.3) is 0 Å². The minimum atomic E-state index is -1.01. The highest BCUT2D eigenvalue weighted by Gasteiger charge is 2.21. The lowest BCUT2D eigenvalue weighted by atomic mass is 10.2. The molecule has 1 rings (SSSR count). The van der Waals surface area contributed by atoms with Gasteiger partial charge in [-0.15, -0.1) is 11.6 Å². The van der Waals surface area contributed by atoms with Crippen molar-refractivity contribution >= 4 is 29.6 Å². The number of hydrogen-bond donors (Lipinski definition) is 2. The van der Waals surface area contributed by atoms with Crippen molar-refractivity contribution in [3.8, 4) is 0 Å². The molecule has 0 aromatic heterocycles. The van der Waals surface area contributed by atoms with Gasteiger partial charge in [0.1, 0.15) is 19.2 Å². The first-order valence-corrected chi connectivity index (χ1v) is 7.56.